The van der Waals surface area contributed by atoms with Gasteiger partial charge in [0, 0.05) is 13.1 Å². The smallest absolute Gasteiger partial charge is 0.289 e. The zero-order chi connectivity index (χ0) is 17.5. The molecule has 0 saturated heterocycles. The standard InChI is InChI=1S/C18H22ClNO3S/c1-3-11-20(12-4-2)18(21)16-10-9-14(23-16)13-24(22)17-8-6-5-7-15(17)19/h5-10H,3-4,11-13H2,1-2H3/t24-/m1/s1. The summed E-state index contributed by atoms with van der Waals surface area (Å²) in [6.07, 6.45) is 1.80. The van der Waals surface area contributed by atoms with Crippen LogP contribution in [0, 0.1) is 0 Å². The van der Waals surface area contributed by atoms with Gasteiger partial charge in [-0.15, -0.1) is 0 Å². The average molecular weight is 368 g/mol. The lowest BCUT2D eigenvalue weighted by molar-refractivity contribution is 0.0722. The lowest BCUT2D eigenvalue weighted by Gasteiger charge is -2.19. The first-order valence-electron chi connectivity index (χ1n) is 8.07. The van der Waals surface area contributed by atoms with Crippen LogP contribution in [-0.4, -0.2) is 28.1 Å². The molecule has 0 bridgehead atoms. The lowest BCUT2D eigenvalue weighted by Crippen LogP contribution is -2.32. The van der Waals surface area contributed by atoms with E-state index in [1.54, 1.807) is 41.3 Å². The summed E-state index contributed by atoms with van der Waals surface area (Å²) in [5.74, 6) is 0.888. The van der Waals surface area contributed by atoms with Gasteiger partial charge in [0.2, 0.25) is 0 Å². The maximum atomic E-state index is 12.5. The van der Waals surface area contributed by atoms with Gasteiger partial charge in [-0.05, 0) is 37.1 Å². The molecule has 1 amide bonds. The Hall–Kier alpha value is -1.59. The minimum absolute atomic E-state index is 0.117. The fraction of sp³-hybridized carbons (Fsp3) is 0.389. The van der Waals surface area contributed by atoms with Crippen LogP contribution in [-0.2, 0) is 16.6 Å². The topological polar surface area (TPSA) is 50.5 Å². The van der Waals surface area contributed by atoms with Crippen molar-refractivity contribution in [3.05, 3.63) is 52.9 Å². The Bertz CT molecular complexity index is 708. The van der Waals surface area contributed by atoms with E-state index in [2.05, 4.69) is 0 Å². The molecule has 6 heteroatoms. The maximum Gasteiger partial charge on any atom is 0.289 e. The molecule has 0 saturated carbocycles. The number of carbonyl (C=O) groups is 1. The summed E-state index contributed by atoms with van der Waals surface area (Å²) in [6, 6.07) is 10.4. The highest BCUT2D eigenvalue weighted by Crippen LogP contribution is 2.22. The van der Waals surface area contributed by atoms with Crippen molar-refractivity contribution in [1.29, 1.82) is 0 Å². The number of furan rings is 1. The van der Waals surface area contributed by atoms with Gasteiger partial charge in [0.15, 0.2) is 5.76 Å². The van der Waals surface area contributed by atoms with Crippen LogP contribution < -0.4 is 0 Å². The lowest BCUT2D eigenvalue weighted by atomic mass is 10.3. The Morgan fingerprint density at radius 3 is 2.42 bits per heavy atom. The van der Waals surface area contributed by atoms with Crippen LogP contribution in [0.2, 0.25) is 5.02 Å². The zero-order valence-electron chi connectivity index (χ0n) is 14.0. The molecular weight excluding hydrogens is 346 g/mol. The number of nitrogens with zero attached hydrogens (tertiary/aromatic N) is 1. The van der Waals surface area contributed by atoms with E-state index in [4.69, 9.17) is 16.0 Å². The van der Waals surface area contributed by atoms with Gasteiger partial charge < -0.3 is 9.32 Å². The first kappa shape index (κ1) is 18.7. The van der Waals surface area contributed by atoms with Gasteiger partial charge in [-0.3, -0.25) is 9.00 Å². The molecule has 0 aliphatic carbocycles. The van der Waals surface area contributed by atoms with Crippen molar-refractivity contribution in [2.45, 2.75) is 37.3 Å². The largest absolute Gasteiger partial charge is 0.455 e. The third kappa shape index (κ3) is 4.71. The molecule has 0 fully saturated rings. The molecule has 2 rings (SSSR count). The summed E-state index contributed by atoms with van der Waals surface area (Å²) in [5, 5.41) is 0.468. The Morgan fingerprint density at radius 1 is 1.12 bits per heavy atom. The summed E-state index contributed by atoms with van der Waals surface area (Å²) in [4.78, 5) is 14.8. The Kier molecular flexibility index (Phi) is 7.06. The highest BCUT2D eigenvalue weighted by Gasteiger charge is 2.19. The van der Waals surface area contributed by atoms with E-state index < -0.39 is 10.8 Å². The number of carbonyl (C=O) groups excluding carboxylic acids is 1. The highest BCUT2D eigenvalue weighted by atomic mass is 35.5. The van der Waals surface area contributed by atoms with Crippen LogP contribution in [0.1, 0.15) is 43.0 Å². The predicted octanol–water partition coefficient (Wildman–Crippen LogP) is 4.50. The summed E-state index contributed by atoms with van der Waals surface area (Å²) >= 11 is 6.07. The van der Waals surface area contributed by atoms with Crippen molar-refractivity contribution in [2.24, 2.45) is 0 Å². The molecule has 130 valence electrons. The highest BCUT2D eigenvalue weighted by molar-refractivity contribution is 7.84. The Balaban J connectivity index is 2.08. The molecule has 24 heavy (non-hydrogen) atoms. The number of hydrogen-bond donors (Lipinski definition) is 0. The molecule has 2 aromatic rings. The van der Waals surface area contributed by atoms with E-state index in [1.807, 2.05) is 13.8 Å². The molecule has 0 N–H and O–H groups in total. The first-order valence-corrected chi connectivity index (χ1v) is 9.77. The van der Waals surface area contributed by atoms with E-state index in [0.29, 0.717) is 34.5 Å². The van der Waals surface area contributed by atoms with Gasteiger partial charge in [0.1, 0.15) is 5.76 Å². The van der Waals surface area contributed by atoms with Gasteiger partial charge in [0.25, 0.3) is 5.91 Å². The zero-order valence-corrected chi connectivity index (χ0v) is 15.5. The van der Waals surface area contributed by atoms with E-state index >= 15 is 0 Å². The van der Waals surface area contributed by atoms with E-state index in [9.17, 15) is 9.00 Å². The van der Waals surface area contributed by atoms with Crippen LogP contribution in [0.5, 0.6) is 0 Å². The fourth-order valence-corrected chi connectivity index (χ4v) is 3.90. The number of halogens is 1. The van der Waals surface area contributed by atoms with Gasteiger partial charge in [-0.2, -0.15) is 0 Å². The van der Waals surface area contributed by atoms with Crippen molar-refractivity contribution in [2.75, 3.05) is 13.1 Å². The van der Waals surface area contributed by atoms with Gasteiger partial charge in [-0.25, -0.2) is 0 Å². The molecule has 4 nitrogen and oxygen atoms in total. The molecule has 0 radical (unpaired) electrons. The fourth-order valence-electron chi connectivity index (χ4n) is 2.42. The third-order valence-electron chi connectivity index (χ3n) is 3.50. The second-order valence-electron chi connectivity index (χ2n) is 5.48. The summed E-state index contributed by atoms with van der Waals surface area (Å²) < 4.78 is 18.0. The molecule has 1 aromatic carbocycles. The van der Waals surface area contributed by atoms with Gasteiger partial charge in [-0.1, -0.05) is 37.6 Å². The van der Waals surface area contributed by atoms with Crippen molar-refractivity contribution < 1.29 is 13.4 Å². The molecule has 0 spiro atoms. The third-order valence-corrected chi connectivity index (χ3v) is 5.34. The summed E-state index contributed by atoms with van der Waals surface area (Å²) in [6.45, 7) is 5.48. The SMILES string of the molecule is CCCN(CCC)C(=O)c1ccc(C[S@@](=O)c2ccccc2Cl)o1. The molecule has 1 heterocycles. The minimum atomic E-state index is -1.31. The molecule has 0 aliphatic heterocycles. The quantitative estimate of drug-likeness (QED) is 0.690. The molecule has 0 unspecified atom stereocenters. The number of benzene rings is 1. The number of hydrogen-bond acceptors (Lipinski definition) is 3. The summed E-state index contributed by atoms with van der Waals surface area (Å²) in [5.41, 5.74) is 0. The first-order chi connectivity index (χ1) is 11.6. The van der Waals surface area contributed by atoms with E-state index in [0.717, 1.165) is 12.8 Å². The monoisotopic (exact) mass is 367 g/mol. The van der Waals surface area contributed by atoms with Gasteiger partial charge in [0.05, 0.1) is 26.5 Å². The second-order valence-corrected chi connectivity index (χ2v) is 7.31. The van der Waals surface area contributed by atoms with Crippen LogP contribution in [0.25, 0.3) is 0 Å². The second kappa shape index (κ2) is 9.04. The number of amides is 1. The van der Waals surface area contributed by atoms with Crippen LogP contribution in [0.3, 0.4) is 0 Å². The van der Waals surface area contributed by atoms with Crippen LogP contribution >= 0.6 is 11.6 Å². The van der Waals surface area contributed by atoms with Gasteiger partial charge >= 0.3 is 0 Å². The minimum Gasteiger partial charge on any atom is -0.455 e. The van der Waals surface area contributed by atoms with Crippen LogP contribution in [0.4, 0.5) is 0 Å². The molecule has 1 aromatic heterocycles. The van der Waals surface area contributed by atoms with Crippen molar-refractivity contribution in [3.8, 4) is 0 Å². The Morgan fingerprint density at radius 2 is 1.79 bits per heavy atom. The van der Waals surface area contributed by atoms with Crippen molar-refractivity contribution in [1.82, 2.24) is 4.90 Å². The summed E-state index contributed by atoms with van der Waals surface area (Å²) in [7, 11) is -1.31. The Labute approximate surface area is 150 Å². The average Bonchev–Trinajstić information content (AvgIpc) is 3.02. The predicted molar refractivity (Wildman–Crippen MR) is 96.8 cm³/mol. The molecular formula is C18H22ClNO3S. The van der Waals surface area contributed by atoms with Crippen molar-refractivity contribution in [3.63, 3.8) is 0 Å². The number of rotatable bonds is 8. The van der Waals surface area contributed by atoms with Crippen molar-refractivity contribution >= 4 is 28.3 Å². The van der Waals surface area contributed by atoms with Crippen LogP contribution in [0.15, 0.2) is 45.7 Å². The normalized spacial score (nSPS) is 12.1. The maximum absolute atomic E-state index is 12.5. The van der Waals surface area contributed by atoms with E-state index in [-0.39, 0.29) is 11.7 Å². The molecule has 0 aliphatic rings. The van der Waals surface area contributed by atoms with E-state index in [1.165, 1.54) is 0 Å². The molecule has 1 atom stereocenters.